The maximum absolute atomic E-state index is 11.3. The van der Waals surface area contributed by atoms with E-state index in [0.29, 0.717) is 0 Å². The predicted molar refractivity (Wildman–Crippen MR) is 57.2 cm³/mol. The Morgan fingerprint density at radius 1 is 1.53 bits per heavy atom. The molecular weight excluding hydrogens is 220 g/mol. The van der Waals surface area contributed by atoms with Gasteiger partial charge in [-0.15, -0.1) is 0 Å². The lowest BCUT2D eigenvalue weighted by atomic mass is 10.3. The van der Waals surface area contributed by atoms with Crippen LogP contribution in [0, 0.1) is 0 Å². The van der Waals surface area contributed by atoms with E-state index in [9.17, 15) is 13.2 Å². The van der Waals surface area contributed by atoms with Crippen molar-refractivity contribution < 1.29 is 17.9 Å². The van der Waals surface area contributed by atoms with E-state index in [1.807, 2.05) is 0 Å². The Morgan fingerprint density at radius 3 is 2.47 bits per heavy atom. The molecule has 0 aromatic carbocycles. The van der Waals surface area contributed by atoms with E-state index in [2.05, 4.69) is 5.32 Å². The van der Waals surface area contributed by atoms with Crippen molar-refractivity contribution in [1.29, 1.82) is 0 Å². The second-order valence-electron chi connectivity index (χ2n) is 3.56. The summed E-state index contributed by atoms with van der Waals surface area (Å²) in [5, 5.41) is 2.50. The van der Waals surface area contributed by atoms with Crippen LogP contribution in [-0.2, 0) is 19.4 Å². The van der Waals surface area contributed by atoms with Crippen molar-refractivity contribution in [3.8, 4) is 0 Å². The number of amides is 1. The molecule has 0 aliphatic heterocycles. The van der Waals surface area contributed by atoms with E-state index in [1.54, 1.807) is 6.92 Å². The molecule has 0 saturated carbocycles. The monoisotopic (exact) mass is 238 g/mol. The van der Waals surface area contributed by atoms with Gasteiger partial charge >= 0.3 is 0 Å². The SMILES string of the molecule is COCC(N)C(=O)NC(C)CS(C)(=O)=O. The molecule has 2 unspecified atom stereocenters. The quantitative estimate of drug-likeness (QED) is 0.587. The van der Waals surface area contributed by atoms with Gasteiger partial charge in [0, 0.05) is 19.4 Å². The van der Waals surface area contributed by atoms with Crippen molar-refractivity contribution in [1.82, 2.24) is 5.32 Å². The molecule has 6 nitrogen and oxygen atoms in total. The van der Waals surface area contributed by atoms with Gasteiger partial charge in [-0.05, 0) is 6.92 Å². The van der Waals surface area contributed by atoms with Gasteiger partial charge in [0.25, 0.3) is 0 Å². The molecular formula is C8H18N2O4S. The fraction of sp³-hybridized carbons (Fsp3) is 0.875. The van der Waals surface area contributed by atoms with Crippen molar-refractivity contribution in [3.63, 3.8) is 0 Å². The first-order valence-corrected chi connectivity index (χ1v) is 6.55. The van der Waals surface area contributed by atoms with Gasteiger partial charge in [-0.25, -0.2) is 8.42 Å². The van der Waals surface area contributed by atoms with Crippen LogP contribution in [0.2, 0.25) is 0 Å². The Bertz CT molecular complexity index is 302. The Hall–Kier alpha value is -0.660. The van der Waals surface area contributed by atoms with Crippen LogP contribution in [-0.4, -0.2) is 52.1 Å². The molecule has 7 heteroatoms. The number of hydrogen-bond donors (Lipinski definition) is 2. The molecule has 90 valence electrons. The number of nitrogens with one attached hydrogen (secondary N) is 1. The van der Waals surface area contributed by atoms with E-state index in [4.69, 9.17) is 10.5 Å². The molecule has 0 fully saturated rings. The zero-order chi connectivity index (χ0) is 12.1. The molecule has 0 rings (SSSR count). The summed E-state index contributed by atoms with van der Waals surface area (Å²) in [7, 11) is -1.66. The highest BCUT2D eigenvalue weighted by Gasteiger charge is 2.17. The fourth-order valence-electron chi connectivity index (χ4n) is 1.10. The molecule has 0 aromatic rings. The number of sulfone groups is 1. The first-order chi connectivity index (χ1) is 6.76. The second kappa shape index (κ2) is 6.04. The Kier molecular flexibility index (Phi) is 5.77. The Balaban J connectivity index is 4.07. The number of nitrogens with two attached hydrogens (primary N) is 1. The highest BCUT2D eigenvalue weighted by atomic mass is 32.2. The summed E-state index contributed by atoms with van der Waals surface area (Å²) in [5.41, 5.74) is 5.45. The van der Waals surface area contributed by atoms with E-state index in [1.165, 1.54) is 7.11 Å². The third-order valence-electron chi connectivity index (χ3n) is 1.62. The van der Waals surface area contributed by atoms with Gasteiger partial charge in [-0.2, -0.15) is 0 Å². The Morgan fingerprint density at radius 2 is 2.07 bits per heavy atom. The minimum Gasteiger partial charge on any atom is -0.383 e. The molecule has 0 aliphatic rings. The van der Waals surface area contributed by atoms with Crippen LogP contribution in [0.5, 0.6) is 0 Å². The van der Waals surface area contributed by atoms with Crippen LogP contribution in [0.3, 0.4) is 0 Å². The molecule has 0 aromatic heterocycles. The summed E-state index contributed by atoms with van der Waals surface area (Å²) in [6.45, 7) is 1.72. The first-order valence-electron chi connectivity index (χ1n) is 4.49. The van der Waals surface area contributed by atoms with E-state index < -0.39 is 27.8 Å². The summed E-state index contributed by atoms with van der Waals surface area (Å²) in [4.78, 5) is 11.3. The topological polar surface area (TPSA) is 98.5 Å². The van der Waals surface area contributed by atoms with Crippen LogP contribution >= 0.6 is 0 Å². The zero-order valence-electron chi connectivity index (χ0n) is 9.19. The van der Waals surface area contributed by atoms with Crippen LogP contribution in [0.25, 0.3) is 0 Å². The van der Waals surface area contributed by atoms with E-state index in [-0.39, 0.29) is 12.4 Å². The lowest BCUT2D eigenvalue weighted by Gasteiger charge is -2.16. The van der Waals surface area contributed by atoms with Crippen LogP contribution in [0.1, 0.15) is 6.92 Å². The lowest BCUT2D eigenvalue weighted by Crippen LogP contribution is -2.48. The summed E-state index contributed by atoms with van der Waals surface area (Å²) >= 11 is 0. The van der Waals surface area contributed by atoms with Gasteiger partial charge in [0.1, 0.15) is 15.9 Å². The summed E-state index contributed by atoms with van der Waals surface area (Å²) in [5.74, 6) is -0.508. The number of carbonyl (C=O) groups excluding carboxylic acids is 1. The van der Waals surface area contributed by atoms with Gasteiger partial charge in [0.05, 0.1) is 12.4 Å². The standard InChI is InChI=1S/C8H18N2O4S/c1-6(5-15(3,12)13)10-8(11)7(9)4-14-2/h6-7H,4-5,9H2,1-3H3,(H,10,11). The average Bonchev–Trinajstić information content (AvgIpc) is 2.00. The number of ether oxygens (including phenoxy) is 1. The molecule has 0 radical (unpaired) electrons. The third kappa shape index (κ3) is 7.29. The predicted octanol–water partition coefficient (Wildman–Crippen LogP) is -1.49. The van der Waals surface area contributed by atoms with Crippen LogP contribution in [0.4, 0.5) is 0 Å². The average molecular weight is 238 g/mol. The third-order valence-corrected chi connectivity index (χ3v) is 2.73. The normalized spacial score (nSPS) is 15.7. The van der Waals surface area contributed by atoms with Crippen molar-refractivity contribution >= 4 is 15.7 Å². The minimum absolute atomic E-state index is 0.0988. The summed E-state index contributed by atoms with van der Waals surface area (Å²) in [6, 6.07) is -1.22. The van der Waals surface area contributed by atoms with E-state index in [0.717, 1.165) is 6.26 Å². The fourth-order valence-corrected chi connectivity index (χ4v) is 2.09. The van der Waals surface area contributed by atoms with Gasteiger partial charge in [-0.1, -0.05) is 0 Å². The molecule has 0 heterocycles. The molecule has 3 N–H and O–H groups in total. The number of hydrogen-bond acceptors (Lipinski definition) is 5. The van der Waals surface area contributed by atoms with Crippen LogP contribution < -0.4 is 11.1 Å². The number of methoxy groups -OCH3 is 1. The smallest absolute Gasteiger partial charge is 0.239 e. The molecule has 0 bridgehead atoms. The van der Waals surface area contributed by atoms with Gasteiger partial charge in [0.15, 0.2) is 0 Å². The highest BCUT2D eigenvalue weighted by Crippen LogP contribution is 1.91. The highest BCUT2D eigenvalue weighted by molar-refractivity contribution is 7.90. The zero-order valence-corrected chi connectivity index (χ0v) is 10.0. The van der Waals surface area contributed by atoms with Crippen molar-refractivity contribution in [3.05, 3.63) is 0 Å². The van der Waals surface area contributed by atoms with E-state index >= 15 is 0 Å². The maximum Gasteiger partial charge on any atom is 0.239 e. The van der Waals surface area contributed by atoms with Gasteiger partial charge in [0.2, 0.25) is 5.91 Å². The molecule has 0 saturated heterocycles. The molecule has 0 aliphatic carbocycles. The second-order valence-corrected chi connectivity index (χ2v) is 5.75. The molecule has 0 spiro atoms. The van der Waals surface area contributed by atoms with Crippen molar-refractivity contribution in [2.75, 3.05) is 25.7 Å². The first kappa shape index (κ1) is 14.3. The summed E-state index contributed by atoms with van der Waals surface area (Å²) < 4.78 is 26.5. The Labute approximate surface area is 90.1 Å². The summed E-state index contributed by atoms with van der Waals surface area (Å²) in [6.07, 6.45) is 1.12. The van der Waals surface area contributed by atoms with Crippen molar-refractivity contribution in [2.24, 2.45) is 5.73 Å². The van der Waals surface area contributed by atoms with Gasteiger partial charge < -0.3 is 15.8 Å². The minimum atomic E-state index is -3.09. The number of rotatable bonds is 6. The molecule has 15 heavy (non-hydrogen) atoms. The largest absolute Gasteiger partial charge is 0.383 e. The van der Waals surface area contributed by atoms with Gasteiger partial charge in [-0.3, -0.25) is 4.79 Å². The number of carbonyl (C=O) groups is 1. The lowest BCUT2D eigenvalue weighted by molar-refractivity contribution is -0.123. The molecule has 2 atom stereocenters. The van der Waals surface area contributed by atoms with Crippen LogP contribution in [0.15, 0.2) is 0 Å². The molecule has 1 amide bonds. The van der Waals surface area contributed by atoms with Crippen molar-refractivity contribution in [2.45, 2.75) is 19.0 Å². The maximum atomic E-state index is 11.3.